The zero-order chi connectivity index (χ0) is 27.1. The number of nitrogens with one attached hydrogen (secondary N) is 3. The molecule has 10 N–H and O–H groups in total. The van der Waals surface area contributed by atoms with E-state index in [-0.39, 0.29) is 19.3 Å². The van der Waals surface area contributed by atoms with E-state index in [9.17, 15) is 38.7 Å². The van der Waals surface area contributed by atoms with Gasteiger partial charge in [-0.1, -0.05) is 0 Å². The molecule has 0 aromatic rings. The highest BCUT2D eigenvalue weighted by molar-refractivity contribution is 7.98. The maximum atomic E-state index is 12.8. The Labute approximate surface area is 204 Å². The van der Waals surface area contributed by atoms with E-state index in [1.807, 2.05) is 0 Å². The summed E-state index contributed by atoms with van der Waals surface area (Å²) in [5.41, 5.74) is 10.8. The lowest BCUT2D eigenvalue weighted by Crippen LogP contribution is -2.57. The predicted octanol–water partition coefficient (Wildman–Crippen LogP) is -2.79. The van der Waals surface area contributed by atoms with Gasteiger partial charge in [0, 0.05) is 12.8 Å². The fraction of sp³-hybridized carbons (Fsp3) is 0.632. The van der Waals surface area contributed by atoms with Crippen LogP contribution < -0.4 is 27.4 Å². The van der Waals surface area contributed by atoms with Crippen LogP contribution >= 0.6 is 11.8 Å². The van der Waals surface area contributed by atoms with Gasteiger partial charge in [0.15, 0.2) is 0 Å². The number of amides is 4. The van der Waals surface area contributed by atoms with Crippen LogP contribution in [0.25, 0.3) is 0 Å². The van der Waals surface area contributed by atoms with Gasteiger partial charge in [0.2, 0.25) is 23.6 Å². The van der Waals surface area contributed by atoms with Gasteiger partial charge in [0.05, 0.1) is 12.5 Å². The Hall–Kier alpha value is -3.40. The summed E-state index contributed by atoms with van der Waals surface area (Å²) < 4.78 is 0. The van der Waals surface area contributed by atoms with Crippen molar-refractivity contribution in [3.05, 3.63) is 0 Å². The molecule has 4 atom stereocenters. The lowest BCUT2D eigenvalue weighted by molar-refractivity contribution is -0.143. The number of primary amides is 1. The van der Waals surface area contributed by atoms with Crippen molar-refractivity contribution < 1.29 is 48.9 Å². The lowest BCUT2D eigenvalue weighted by atomic mass is 10.1. The number of carboxylic acid groups (broad SMARTS) is 3. The third kappa shape index (κ3) is 13.8. The van der Waals surface area contributed by atoms with E-state index in [0.29, 0.717) is 5.75 Å². The van der Waals surface area contributed by atoms with Crippen LogP contribution in [-0.4, -0.2) is 93.0 Å². The molecular formula is C19H31N5O10S. The first-order valence-corrected chi connectivity index (χ1v) is 11.8. The molecule has 0 radical (unpaired) electrons. The normalized spacial score (nSPS) is 14.0. The van der Waals surface area contributed by atoms with Gasteiger partial charge < -0.3 is 42.7 Å². The summed E-state index contributed by atoms with van der Waals surface area (Å²) in [6, 6.07) is -5.65. The minimum atomic E-state index is -1.61. The molecule has 4 amide bonds. The smallest absolute Gasteiger partial charge is 0.326 e. The Morgan fingerprint density at radius 3 is 1.71 bits per heavy atom. The zero-order valence-corrected chi connectivity index (χ0v) is 19.8. The fourth-order valence-corrected chi connectivity index (χ4v) is 3.15. The van der Waals surface area contributed by atoms with Gasteiger partial charge in [0.1, 0.15) is 18.1 Å². The maximum Gasteiger partial charge on any atom is 0.326 e. The van der Waals surface area contributed by atoms with Crippen LogP contribution in [0.5, 0.6) is 0 Å². The molecule has 0 fully saturated rings. The van der Waals surface area contributed by atoms with E-state index in [2.05, 4.69) is 16.0 Å². The number of hydrogen-bond donors (Lipinski definition) is 8. The Balaban J connectivity index is 5.47. The highest BCUT2D eigenvalue weighted by atomic mass is 32.2. The van der Waals surface area contributed by atoms with Crippen molar-refractivity contribution in [2.45, 2.75) is 62.7 Å². The number of thioether (sulfide) groups is 1. The molecule has 4 unspecified atom stereocenters. The summed E-state index contributed by atoms with van der Waals surface area (Å²) in [6.45, 7) is 0. The molecule has 0 aromatic heterocycles. The van der Waals surface area contributed by atoms with Crippen LogP contribution in [0.15, 0.2) is 0 Å². The van der Waals surface area contributed by atoms with Crippen molar-refractivity contribution in [2.75, 3.05) is 12.0 Å². The average molecular weight is 522 g/mol. The number of aliphatic carboxylic acids is 3. The summed E-state index contributed by atoms with van der Waals surface area (Å²) in [5, 5.41) is 33.3. The van der Waals surface area contributed by atoms with Crippen LogP contribution in [0.1, 0.15) is 38.5 Å². The third-order valence-electron chi connectivity index (χ3n) is 4.55. The number of nitrogens with two attached hydrogens (primary N) is 2. The first kappa shape index (κ1) is 31.6. The third-order valence-corrected chi connectivity index (χ3v) is 5.19. The molecule has 198 valence electrons. The van der Waals surface area contributed by atoms with Crippen molar-refractivity contribution in [2.24, 2.45) is 11.5 Å². The summed E-state index contributed by atoms with van der Waals surface area (Å²) >= 11 is 1.35. The molecule has 0 bridgehead atoms. The van der Waals surface area contributed by atoms with Crippen molar-refractivity contribution in [3.8, 4) is 0 Å². The van der Waals surface area contributed by atoms with Crippen molar-refractivity contribution in [1.29, 1.82) is 0 Å². The number of carbonyl (C=O) groups is 7. The molecule has 0 aromatic carbocycles. The Bertz CT molecular complexity index is 809. The van der Waals surface area contributed by atoms with Crippen LogP contribution in [-0.2, 0) is 33.6 Å². The van der Waals surface area contributed by atoms with Crippen LogP contribution in [0.2, 0.25) is 0 Å². The number of carbonyl (C=O) groups excluding carboxylic acids is 4. The summed E-state index contributed by atoms with van der Waals surface area (Å²) in [7, 11) is 0. The van der Waals surface area contributed by atoms with Crippen LogP contribution in [0.4, 0.5) is 0 Å². The molecule has 0 rings (SSSR count). The molecule has 16 heteroatoms. The van der Waals surface area contributed by atoms with E-state index in [1.54, 1.807) is 6.26 Å². The number of rotatable bonds is 18. The van der Waals surface area contributed by atoms with Crippen molar-refractivity contribution >= 4 is 53.3 Å². The highest BCUT2D eigenvalue weighted by Gasteiger charge is 2.31. The standard InChI is InChI=1S/C19H31N5O10S/c1-35-7-6-10(22-16(30)9(20)2-4-14(26)27)17(31)24-12(8-13(21)25)18(32)23-11(19(33)34)3-5-15(28)29/h9-12H,2-8,20H2,1H3,(H2,21,25)(H,22,30)(H,23,32)(H,24,31)(H,26,27)(H,28,29)(H,33,34). The molecule has 0 aliphatic carbocycles. The van der Waals surface area contributed by atoms with E-state index in [0.717, 1.165) is 0 Å². The molecular weight excluding hydrogens is 490 g/mol. The second-order valence-electron chi connectivity index (χ2n) is 7.44. The molecule has 35 heavy (non-hydrogen) atoms. The lowest BCUT2D eigenvalue weighted by Gasteiger charge is -2.24. The Kier molecular flexibility index (Phi) is 14.7. The second-order valence-corrected chi connectivity index (χ2v) is 8.43. The van der Waals surface area contributed by atoms with Gasteiger partial charge in [-0.05, 0) is 31.3 Å². The maximum absolute atomic E-state index is 12.8. The fourth-order valence-electron chi connectivity index (χ4n) is 2.67. The Morgan fingerprint density at radius 1 is 0.743 bits per heavy atom. The molecule has 0 saturated heterocycles. The van der Waals surface area contributed by atoms with Gasteiger partial charge in [-0.15, -0.1) is 0 Å². The zero-order valence-electron chi connectivity index (χ0n) is 19.0. The van der Waals surface area contributed by atoms with Gasteiger partial charge >= 0.3 is 17.9 Å². The molecule has 0 aliphatic rings. The second kappa shape index (κ2) is 16.3. The largest absolute Gasteiger partial charge is 0.481 e. The van der Waals surface area contributed by atoms with Crippen molar-refractivity contribution in [1.82, 2.24) is 16.0 Å². The average Bonchev–Trinajstić information content (AvgIpc) is 2.75. The van der Waals surface area contributed by atoms with Gasteiger partial charge in [-0.3, -0.25) is 28.8 Å². The van der Waals surface area contributed by atoms with Crippen LogP contribution in [0.3, 0.4) is 0 Å². The van der Waals surface area contributed by atoms with Crippen molar-refractivity contribution in [3.63, 3.8) is 0 Å². The van der Waals surface area contributed by atoms with Gasteiger partial charge in [-0.25, -0.2) is 4.79 Å². The number of hydrogen-bond acceptors (Lipinski definition) is 9. The molecule has 0 heterocycles. The molecule has 0 spiro atoms. The highest BCUT2D eigenvalue weighted by Crippen LogP contribution is 2.06. The van der Waals surface area contributed by atoms with Gasteiger partial charge in [0.25, 0.3) is 0 Å². The predicted molar refractivity (Wildman–Crippen MR) is 122 cm³/mol. The number of carboxylic acids is 3. The van der Waals surface area contributed by atoms with E-state index in [4.69, 9.17) is 21.7 Å². The summed E-state index contributed by atoms with van der Waals surface area (Å²) in [5.74, 6) is -7.36. The molecule has 0 aliphatic heterocycles. The van der Waals surface area contributed by atoms with Crippen LogP contribution in [0, 0.1) is 0 Å². The van der Waals surface area contributed by atoms with E-state index < -0.39 is 85.0 Å². The SMILES string of the molecule is CSCCC(NC(=O)C(N)CCC(=O)O)C(=O)NC(CC(N)=O)C(=O)NC(CCC(=O)O)C(=O)O. The first-order valence-electron chi connectivity index (χ1n) is 10.4. The molecule has 0 saturated carbocycles. The monoisotopic (exact) mass is 521 g/mol. The summed E-state index contributed by atoms with van der Waals surface area (Å²) in [4.78, 5) is 81.8. The minimum absolute atomic E-state index is 0.0890. The first-order chi connectivity index (χ1) is 16.3. The minimum Gasteiger partial charge on any atom is -0.481 e. The van der Waals surface area contributed by atoms with E-state index >= 15 is 0 Å². The summed E-state index contributed by atoms with van der Waals surface area (Å²) in [6.07, 6.45) is -0.442. The van der Waals surface area contributed by atoms with E-state index in [1.165, 1.54) is 11.8 Å². The topological polar surface area (TPSA) is 268 Å². The Morgan fingerprint density at radius 2 is 1.23 bits per heavy atom. The van der Waals surface area contributed by atoms with Gasteiger partial charge in [-0.2, -0.15) is 11.8 Å². The molecule has 15 nitrogen and oxygen atoms in total. The quantitative estimate of drug-likeness (QED) is 0.0909.